The Hall–Kier alpha value is -1.45. The Morgan fingerprint density at radius 1 is 1.22 bits per heavy atom. The Morgan fingerprint density at radius 2 is 1.96 bits per heavy atom. The predicted octanol–water partition coefficient (Wildman–Crippen LogP) is 2.33. The molecule has 6 nitrogen and oxygen atoms in total. The van der Waals surface area contributed by atoms with Gasteiger partial charge >= 0.3 is 0 Å². The van der Waals surface area contributed by atoms with Crippen molar-refractivity contribution in [2.75, 3.05) is 46.9 Å². The number of likely N-dealkylation sites (N-methyl/N-ethyl adjacent to an activating group) is 1. The van der Waals surface area contributed by atoms with Gasteiger partial charge in [0.25, 0.3) is 0 Å². The highest BCUT2D eigenvalue weighted by atomic mass is 32.2. The second-order valence-electron chi connectivity index (χ2n) is 6.90. The molecule has 1 unspecified atom stereocenters. The summed E-state index contributed by atoms with van der Waals surface area (Å²) in [6.45, 7) is 6.04. The lowest BCUT2D eigenvalue weighted by Crippen LogP contribution is -2.48. The van der Waals surface area contributed by atoms with Crippen molar-refractivity contribution in [3.05, 3.63) is 46.2 Å². The molecule has 1 saturated heterocycles. The number of thiophene rings is 1. The van der Waals surface area contributed by atoms with Gasteiger partial charge in [-0.25, -0.2) is 13.1 Å². The van der Waals surface area contributed by atoms with E-state index >= 15 is 0 Å². The van der Waals surface area contributed by atoms with Crippen molar-refractivity contribution in [3.63, 3.8) is 0 Å². The number of methoxy groups -OCH3 is 1. The second kappa shape index (κ2) is 8.70. The average molecular weight is 410 g/mol. The molecule has 0 aliphatic carbocycles. The first kappa shape index (κ1) is 20.3. The molecular weight excluding hydrogens is 382 g/mol. The minimum atomic E-state index is -3.58. The summed E-state index contributed by atoms with van der Waals surface area (Å²) in [5, 5.41) is 4.15. The molecule has 1 aliphatic heterocycles. The zero-order valence-corrected chi connectivity index (χ0v) is 17.6. The summed E-state index contributed by atoms with van der Waals surface area (Å²) in [7, 11) is 0.114. The Kier molecular flexibility index (Phi) is 6.54. The predicted molar refractivity (Wildman–Crippen MR) is 109 cm³/mol. The van der Waals surface area contributed by atoms with Crippen LogP contribution in [-0.2, 0) is 10.0 Å². The van der Waals surface area contributed by atoms with Crippen molar-refractivity contribution >= 4 is 21.4 Å². The fraction of sp³-hybridized carbons (Fsp3) is 0.474. The zero-order valence-electron chi connectivity index (χ0n) is 16.0. The molecule has 1 aliphatic rings. The van der Waals surface area contributed by atoms with Gasteiger partial charge in [-0.1, -0.05) is 0 Å². The van der Waals surface area contributed by atoms with Gasteiger partial charge in [-0.05, 0) is 60.1 Å². The molecule has 0 spiro atoms. The molecule has 8 heteroatoms. The van der Waals surface area contributed by atoms with Crippen LogP contribution in [0.2, 0.25) is 0 Å². The Labute approximate surface area is 165 Å². The lowest BCUT2D eigenvalue weighted by molar-refractivity contribution is 0.113. The van der Waals surface area contributed by atoms with Crippen LogP contribution in [0.15, 0.2) is 39.9 Å². The average Bonchev–Trinajstić information content (AvgIpc) is 3.17. The van der Waals surface area contributed by atoms with Crippen LogP contribution in [0.5, 0.6) is 5.75 Å². The Bertz CT molecular complexity index is 845. The Balaban J connectivity index is 1.75. The van der Waals surface area contributed by atoms with Gasteiger partial charge < -0.3 is 9.64 Å². The van der Waals surface area contributed by atoms with Crippen LogP contribution >= 0.6 is 11.3 Å². The van der Waals surface area contributed by atoms with Crippen LogP contribution < -0.4 is 9.46 Å². The highest BCUT2D eigenvalue weighted by Crippen LogP contribution is 2.25. The molecule has 27 heavy (non-hydrogen) atoms. The van der Waals surface area contributed by atoms with Gasteiger partial charge in [0.1, 0.15) is 5.75 Å². The highest BCUT2D eigenvalue weighted by Gasteiger charge is 2.26. The number of sulfonamides is 1. The maximum Gasteiger partial charge on any atom is 0.240 e. The van der Waals surface area contributed by atoms with E-state index in [4.69, 9.17) is 4.74 Å². The topological polar surface area (TPSA) is 61.9 Å². The summed E-state index contributed by atoms with van der Waals surface area (Å²) in [4.78, 5) is 4.93. The van der Waals surface area contributed by atoms with Crippen molar-refractivity contribution in [1.82, 2.24) is 14.5 Å². The zero-order chi connectivity index (χ0) is 19.4. The number of nitrogens with one attached hydrogen (secondary N) is 1. The largest absolute Gasteiger partial charge is 0.496 e. The first-order chi connectivity index (χ1) is 12.9. The second-order valence-corrected chi connectivity index (χ2v) is 9.44. The summed E-state index contributed by atoms with van der Waals surface area (Å²) in [6, 6.07) is 7.06. The summed E-state index contributed by atoms with van der Waals surface area (Å²) in [6.07, 6.45) is 0. The summed E-state index contributed by atoms with van der Waals surface area (Å²) in [5.74, 6) is 0.683. The van der Waals surface area contributed by atoms with E-state index in [0.29, 0.717) is 12.3 Å². The van der Waals surface area contributed by atoms with E-state index in [-0.39, 0.29) is 10.9 Å². The van der Waals surface area contributed by atoms with Gasteiger partial charge in [0, 0.05) is 38.8 Å². The van der Waals surface area contributed by atoms with Crippen LogP contribution in [-0.4, -0.2) is 65.1 Å². The number of benzene rings is 1. The number of ether oxygens (including phenoxy) is 1. The molecule has 1 N–H and O–H groups in total. The maximum absolute atomic E-state index is 12.8. The summed E-state index contributed by atoms with van der Waals surface area (Å²) >= 11 is 1.64. The molecule has 0 radical (unpaired) electrons. The van der Waals surface area contributed by atoms with Crippen molar-refractivity contribution in [2.24, 2.45) is 0 Å². The minimum absolute atomic E-state index is 0.0408. The van der Waals surface area contributed by atoms with Crippen LogP contribution in [0.4, 0.5) is 0 Å². The molecule has 1 aromatic carbocycles. The van der Waals surface area contributed by atoms with Crippen molar-refractivity contribution in [3.8, 4) is 5.75 Å². The van der Waals surface area contributed by atoms with Gasteiger partial charge in [0.2, 0.25) is 10.0 Å². The monoisotopic (exact) mass is 409 g/mol. The van der Waals surface area contributed by atoms with Crippen molar-refractivity contribution in [1.29, 1.82) is 0 Å². The van der Waals surface area contributed by atoms with Crippen molar-refractivity contribution < 1.29 is 13.2 Å². The molecule has 148 valence electrons. The van der Waals surface area contributed by atoms with E-state index in [0.717, 1.165) is 37.3 Å². The van der Waals surface area contributed by atoms with E-state index in [9.17, 15) is 8.42 Å². The SMILES string of the molecule is COc1ccc(S(=O)(=O)NCC(c2ccsc2)N2CCN(C)CC2)cc1C. The highest BCUT2D eigenvalue weighted by molar-refractivity contribution is 7.89. The lowest BCUT2D eigenvalue weighted by Gasteiger charge is -2.37. The molecule has 2 aromatic rings. The smallest absolute Gasteiger partial charge is 0.240 e. The van der Waals surface area contributed by atoms with Crippen LogP contribution in [0.3, 0.4) is 0 Å². The van der Waals surface area contributed by atoms with E-state index in [1.807, 2.05) is 12.3 Å². The lowest BCUT2D eigenvalue weighted by atomic mass is 10.1. The first-order valence-corrected chi connectivity index (χ1v) is 11.4. The van der Waals surface area contributed by atoms with E-state index in [1.54, 1.807) is 36.6 Å². The molecular formula is C19H27N3O3S2. The molecule has 2 heterocycles. The molecule has 1 fully saturated rings. The third-order valence-electron chi connectivity index (χ3n) is 5.05. The van der Waals surface area contributed by atoms with Gasteiger partial charge in [0.15, 0.2) is 0 Å². The van der Waals surface area contributed by atoms with Crippen molar-refractivity contribution in [2.45, 2.75) is 17.9 Å². The van der Waals surface area contributed by atoms with E-state index in [1.165, 1.54) is 0 Å². The summed E-state index contributed by atoms with van der Waals surface area (Å²) in [5.41, 5.74) is 1.96. The third kappa shape index (κ3) is 4.89. The number of piperazine rings is 1. The van der Waals surface area contributed by atoms with Crippen LogP contribution in [0.1, 0.15) is 17.2 Å². The number of hydrogen-bond donors (Lipinski definition) is 1. The summed E-state index contributed by atoms with van der Waals surface area (Å²) < 4.78 is 33.7. The maximum atomic E-state index is 12.8. The number of aryl methyl sites for hydroxylation is 1. The molecule has 1 aromatic heterocycles. The van der Waals surface area contributed by atoms with Gasteiger partial charge in [-0.15, -0.1) is 0 Å². The molecule has 3 rings (SSSR count). The fourth-order valence-corrected chi connectivity index (χ4v) is 5.18. The van der Waals surface area contributed by atoms with Crippen LogP contribution in [0.25, 0.3) is 0 Å². The molecule has 0 bridgehead atoms. The quantitative estimate of drug-likeness (QED) is 0.761. The number of hydrogen-bond acceptors (Lipinski definition) is 6. The normalized spacial score (nSPS) is 17.7. The van der Waals surface area contributed by atoms with E-state index in [2.05, 4.69) is 33.0 Å². The van der Waals surface area contributed by atoms with Gasteiger partial charge in [-0.3, -0.25) is 4.90 Å². The molecule has 0 saturated carbocycles. The number of nitrogens with zero attached hydrogens (tertiary/aromatic N) is 2. The van der Waals surface area contributed by atoms with E-state index < -0.39 is 10.0 Å². The Morgan fingerprint density at radius 3 is 2.56 bits per heavy atom. The van der Waals surface area contributed by atoms with Crippen LogP contribution in [0, 0.1) is 6.92 Å². The standard InChI is InChI=1S/C19H27N3O3S2/c1-15-12-17(4-5-19(15)25-3)27(23,24)20-13-18(16-6-11-26-14-16)22-9-7-21(2)8-10-22/h4-6,11-12,14,18,20H,7-10,13H2,1-3H3. The third-order valence-corrected chi connectivity index (χ3v) is 7.17. The fourth-order valence-electron chi connectivity index (χ4n) is 3.35. The van der Waals surface area contributed by atoms with Gasteiger partial charge in [0.05, 0.1) is 12.0 Å². The first-order valence-electron chi connectivity index (χ1n) is 8.99. The minimum Gasteiger partial charge on any atom is -0.496 e. The van der Waals surface area contributed by atoms with Gasteiger partial charge in [-0.2, -0.15) is 11.3 Å². The number of rotatable bonds is 7. The molecule has 1 atom stereocenters. The molecule has 0 amide bonds.